The first-order chi connectivity index (χ1) is 9.08. The third kappa shape index (κ3) is 3.22. The zero-order valence-corrected chi connectivity index (χ0v) is 11.1. The van der Waals surface area contributed by atoms with Gasteiger partial charge in [0.2, 0.25) is 0 Å². The number of hydrogen-bond acceptors (Lipinski definition) is 3. The van der Waals surface area contributed by atoms with Crippen molar-refractivity contribution in [3.05, 3.63) is 47.5 Å². The van der Waals surface area contributed by atoms with E-state index >= 15 is 0 Å². The van der Waals surface area contributed by atoms with Gasteiger partial charge in [0.25, 0.3) is 5.91 Å². The molecule has 0 N–H and O–H groups in total. The van der Waals surface area contributed by atoms with Gasteiger partial charge < -0.3 is 4.74 Å². The number of benzene rings is 1. The van der Waals surface area contributed by atoms with E-state index in [-0.39, 0.29) is 18.4 Å². The van der Waals surface area contributed by atoms with Crippen molar-refractivity contribution in [2.75, 3.05) is 6.54 Å². The largest absolute Gasteiger partial charge is 0.444 e. The SMILES string of the molecule is CC(C)C1=CC(=O)N(C(=O)OCc2ccccc2)C1. The van der Waals surface area contributed by atoms with Crippen molar-refractivity contribution in [1.29, 1.82) is 0 Å². The Morgan fingerprint density at radius 3 is 2.58 bits per heavy atom. The highest BCUT2D eigenvalue weighted by Crippen LogP contribution is 2.19. The van der Waals surface area contributed by atoms with Crippen molar-refractivity contribution in [1.82, 2.24) is 4.90 Å². The van der Waals surface area contributed by atoms with E-state index in [4.69, 9.17) is 4.74 Å². The van der Waals surface area contributed by atoms with E-state index in [0.717, 1.165) is 16.0 Å². The first kappa shape index (κ1) is 13.3. The second kappa shape index (κ2) is 5.69. The molecule has 4 nitrogen and oxygen atoms in total. The molecule has 0 bridgehead atoms. The van der Waals surface area contributed by atoms with Crippen LogP contribution in [0.5, 0.6) is 0 Å². The number of hydrogen-bond donors (Lipinski definition) is 0. The van der Waals surface area contributed by atoms with Gasteiger partial charge in [0.15, 0.2) is 0 Å². The van der Waals surface area contributed by atoms with Crippen LogP contribution in [0.1, 0.15) is 19.4 Å². The van der Waals surface area contributed by atoms with Crippen molar-refractivity contribution in [2.45, 2.75) is 20.5 Å². The predicted molar refractivity (Wildman–Crippen MR) is 71.3 cm³/mol. The van der Waals surface area contributed by atoms with Gasteiger partial charge in [-0.3, -0.25) is 4.79 Å². The highest BCUT2D eigenvalue weighted by atomic mass is 16.6. The van der Waals surface area contributed by atoms with E-state index in [0.29, 0.717) is 6.54 Å². The van der Waals surface area contributed by atoms with Gasteiger partial charge in [0, 0.05) is 6.08 Å². The fraction of sp³-hybridized carbons (Fsp3) is 0.333. The molecular formula is C15H17NO3. The van der Waals surface area contributed by atoms with Crippen LogP contribution in [0.4, 0.5) is 4.79 Å². The number of rotatable bonds is 3. The first-order valence-corrected chi connectivity index (χ1v) is 6.30. The van der Waals surface area contributed by atoms with E-state index in [1.54, 1.807) is 0 Å². The summed E-state index contributed by atoms with van der Waals surface area (Å²) in [6, 6.07) is 9.40. The Morgan fingerprint density at radius 2 is 2.00 bits per heavy atom. The average Bonchev–Trinajstić information content (AvgIpc) is 2.80. The van der Waals surface area contributed by atoms with Crippen LogP contribution in [0.2, 0.25) is 0 Å². The molecule has 0 unspecified atom stereocenters. The quantitative estimate of drug-likeness (QED) is 0.838. The van der Waals surface area contributed by atoms with Crippen LogP contribution in [0.3, 0.4) is 0 Å². The standard InChI is InChI=1S/C15H17NO3/c1-11(2)13-8-14(17)16(9-13)15(18)19-10-12-6-4-3-5-7-12/h3-8,11H,9-10H2,1-2H3. The van der Waals surface area contributed by atoms with Gasteiger partial charge >= 0.3 is 6.09 Å². The van der Waals surface area contributed by atoms with Gasteiger partial charge in [-0.05, 0) is 17.1 Å². The van der Waals surface area contributed by atoms with E-state index in [2.05, 4.69) is 0 Å². The molecular weight excluding hydrogens is 242 g/mol. The molecule has 0 aliphatic carbocycles. The van der Waals surface area contributed by atoms with Crippen molar-refractivity contribution in [3.8, 4) is 0 Å². The van der Waals surface area contributed by atoms with E-state index < -0.39 is 6.09 Å². The molecule has 0 saturated heterocycles. The monoisotopic (exact) mass is 259 g/mol. The summed E-state index contributed by atoms with van der Waals surface area (Å²) in [5, 5.41) is 0. The number of amides is 2. The normalized spacial score (nSPS) is 14.8. The minimum absolute atomic E-state index is 0.181. The van der Waals surface area contributed by atoms with Crippen LogP contribution in [-0.4, -0.2) is 23.4 Å². The van der Waals surface area contributed by atoms with Gasteiger partial charge in [-0.15, -0.1) is 0 Å². The Hall–Kier alpha value is -2.10. The lowest BCUT2D eigenvalue weighted by atomic mass is 10.1. The summed E-state index contributed by atoms with van der Waals surface area (Å²) in [5.74, 6) is -0.0300. The Balaban J connectivity index is 1.90. The molecule has 2 amide bonds. The fourth-order valence-corrected chi connectivity index (χ4v) is 1.84. The Morgan fingerprint density at radius 1 is 1.32 bits per heavy atom. The van der Waals surface area contributed by atoms with Crippen LogP contribution in [0.25, 0.3) is 0 Å². The van der Waals surface area contributed by atoms with Crippen molar-refractivity contribution in [2.24, 2.45) is 5.92 Å². The molecule has 2 rings (SSSR count). The maximum absolute atomic E-state index is 11.8. The molecule has 1 heterocycles. The number of ether oxygens (including phenoxy) is 1. The lowest BCUT2D eigenvalue weighted by Gasteiger charge is -2.15. The van der Waals surface area contributed by atoms with Crippen LogP contribution >= 0.6 is 0 Å². The maximum atomic E-state index is 11.8. The third-order valence-corrected chi connectivity index (χ3v) is 3.08. The third-order valence-electron chi connectivity index (χ3n) is 3.08. The highest BCUT2D eigenvalue weighted by molar-refractivity contribution is 6.01. The predicted octanol–water partition coefficient (Wildman–Crippen LogP) is 2.75. The molecule has 0 fully saturated rings. The van der Waals surface area contributed by atoms with Crippen molar-refractivity contribution < 1.29 is 14.3 Å². The number of carbonyl (C=O) groups excluding carboxylic acids is 2. The second-order valence-electron chi connectivity index (χ2n) is 4.84. The molecule has 0 saturated carbocycles. The van der Waals surface area contributed by atoms with E-state index in [1.165, 1.54) is 6.08 Å². The molecule has 1 aromatic rings. The summed E-state index contributed by atoms with van der Waals surface area (Å²) in [4.78, 5) is 24.7. The van der Waals surface area contributed by atoms with Gasteiger partial charge in [-0.1, -0.05) is 44.2 Å². The van der Waals surface area contributed by atoms with Crippen LogP contribution in [0, 0.1) is 5.92 Å². The molecule has 0 aromatic heterocycles. The minimum atomic E-state index is -0.583. The zero-order chi connectivity index (χ0) is 13.8. The fourth-order valence-electron chi connectivity index (χ4n) is 1.84. The summed E-state index contributed by atoms with van der Waals surface area (Å²) in [5.41, 5.74) is 1.86. The van der Waals surface area contributed by atoms with Crippen molar-refractivity contribution >= 4 is 12.0 Å². The van der Waals surface area contributed by atoms with Gasteiger partial charge in [-0.25, -0.2) is 9.69 Å². The first-order valence-electron chi connectivity index (χ1n) is 6.30. The summed E-state index contributed by atoms with van der Waals surface area (Å²) in [7, 11) is 0. The maximum Gasteiger partial charge on any atom is 0.417 e. The molecule has 1 aliphatic heterocycles. The smallest absolute Gasteiger partial charge is 0.417 e. The lowest BCUT2D eigenvalue weighted by molar-refractivity contribution is -0.123. The average molecular weight is 259 g/mol. The molecule has 0 radical (unpaired) electrons. The van der Waals surface area contributed by atoms with Gasteiger partial charge in [-0.2, -0.15) is 0 Å². The molecule has 0 atom stereocenters. The summed E-state index contributed by atoms with van der Waals surface area (Å²) in [6.45, 7) is 4.51. The Labute approximate surface area is 112 Å². The van der Waals surface area contributed by atoms with E-state index in [1.807, 2.05) is 44.2 Å². The zero-order valence-electron chi connectivity index (χ0n) is 11.1. The molecule has 19 heavy (non-hydrogen) atoms. The molecule has 100 valence electrons. The molecule has 1 aromatic carbocycles. The molecule has 0 spiro atoms. The number of nitrogens with zero attached hydrogens (tertiary/aromatic N) is 1. The van der Waals surface area contributed by atoms with Crippen LogP contribution in [-0.2, 0) is 16.1 Å². The van der Waals surface area contributed by atoms with Gasteiger partial charge in [0.1, 0.15) is 6.61 Å². The lowest BCUT2D eigenvalue weighted by Crippen LogP contribution is -2.33. The van der Waals surface area contributed by atoms with Crippen molar-refractivity contribution in [3.63, 3.8) is 0 Å². The topological polar surface area (TPSA) is 46.6 Å². The molecule has 1 aliphatic rings. The molecule has 4 heteroatoms. The number of imide groups is 1. The highest BCUT2D eigenvalue weighted by Gasteiger charge is 2.29. The number of carbonyl (C=O) groups is 2. The van der Waals surface area contributed by atoms with E-state index in [9.17, 15) is 9.59 Å². The summed E-state index contributed by atoms with van der Waals surface area (Å²) >= 11 is 0. The summed E-state index contributed by atoms with van der Waals surface area (Å²) in [6.07, 6.45) is 0.940. The minimum Gasteiger partial charge on any atom is -0.444 e. The second-order valence-corrected chi connectivity index (χ2v) is 4.84. The van der Waals surface area contributed by atoms with Crippen LogP contribution < -0.4 is 0 Å². The van der Waals surface area contributed by atoms with Crippen LogP contribution in [0.15, 0.2) is 42.0 Å². The summed E-state index contributed by atoms with van der Waals surface area (Å²) < 4.78 is 5.14. The van der Waals surface area contributed by atoms with Gasteiger partial charge in [0.05, 0.1) is 6.54 Å². The Bertz CT molecular complexity index is 505. The Kier molecular flexibility index (Phi) is 4.00.